The van der Waals surface area contributed by atoms with E-state index in [9.17, 15) is 9.90 Å². The van der Waals surface area contributed by atoms with E-state index in [0.717, 1.165) is 64.3 Å². The molecule has 0 saturated carbocycles. The maximum absolute atomic E-state index is 12.7. The second-order valence-electron chi connectivity index (χ2n) is 6.91. The Morgan fingerprint density at radius 1 is 1.08 bits per heavy atom. The fraction of sp³-hybridized carbons (Fsp3) is 0.632. The predicted octanol–water partition coefficient (Wildman–Crippen LogP) is 1.16. The van der Waals surface area contributed by atoms with Gasteiger partial charge in [-0.1, -0.05) is 31.2 Å². The molecule has 24 heavy (non-hydrogen) atoms. The number of nitrogens with zero attached hydrogens (tertiary/aromatic N) is 3. The maximum atomic E-state index is 12.7. The van der Waals surface area contributed by atoms with Crippen LogP contribution in [0.5, 0.6) is 0 Å². The van der Waals surface area contributed by atoms with Crippen LogP contribution in [0.2, 0.25) is 0 Å². The summed E-state index contributed by atoms with van der Waals surface area (Å²) >= 11 is 0. The van der Waals surface area contributed by atoms with Crippen molar-refractivity contribution in [1.29, 1.82) is 0 Å². The van der Waals surface area contributed by atoms with Crippen LogP contribution >= 0.6 is 0 Å². The minimum absolute atomic E-state index is 0.0875. The Balaban J connectivity index is 1.50. The van der Waals surface area contributed by atoms with Gasteiger partial charge in [0.15, 0.2) is 0 Å². The fourth-order valence-corrected chi connectivity index (χ4v) is 3.81. The van der Waals surface area contributed by atoms with Crippen LogP contribution in [-0.4, -0.2) is 71.5 Å². The third kappa shape index (κ3) is 3.97. The third-order valence-corrected chi connectivity index (χ3v) is 5.44. The van der Waals surface area contributed by atoms with E-state index < -0.39 is 0 Å². The largest absolute Gasteiger partial charge is 0.392 e. The summed E-state index contributed by atoms with van der Waals surface area (Å²) in [5.41, 5.74) is 2.19. The summed E-state index contributed by atoms with van der Waals surface area (Å²) in [5.74, 6) is 0.549. The van der Waals surface area contributed by atoms with Crippen molar-refractivity contribution in [3.63, 3.8) is 0 Å². The Morgan fingerprint density at radius 2 is 1.79 bits per heavy atom. The topological polar surface area (TPSA) is 47.0 Å². The molecular weight excluding hydrogens is 302 g/mol. The molecule has 2 heterocycles. The number of hydrogen-bond donors (Lipinski definition) is 1. The van der Waals surface area contributed by atoms with E-state index >= 15 is 0 Å². The summed E-state index contributed by atoms with van der Waals surface area (Å²) in [6, 6.07) is 8.05. The molecule has 1 N–H and O–H groups in total. The number of aliphatic hydroxyl groups is 1. The number of aliphatic hydroxyl groups excluding tert-OH is 1. The summed E-state index contributed by atoms with van der Waals surface area (Å²) in [5, 5.41) is 9.45. The Morgan fingerprint density at radius 3 is 2.42 bits per heavy atom. The van der Waals surface area contributed by atoms with Crippen LogP contribution in [0.1, 0.15) is 24.5 Å². The number of hydrogen-bond acceptors (Lipinski definition) is 4. The second-order valence-corrected chi connectivity index (χ2v) is 6.91. The molecule has 1 atom stereocenters. The number of rotatable bonds is 5. The molecule has 0 spiro atoms. The van der Waals surface area contributed by atoms with Crippen molar-refractivity contribution < 1.29 is 9.90 Å². The first-order valence-electron chi connectivity index (χ1n) is 9.12. The second kappa shape index (κ2) is 8.10. The van der Waals surface area contributed by atoms with Crippen molar-refractivity contribution in [1.82, 2.24) is 14.7 Å². The SMILES string of the molecule is CCN1CC[C@H](C(=O)N2CCN(Cc3ccccc3CO)CC2)C1. The van der Waals surface area contributed by atoms with E-state index in [2.05, 4.69) is 27.7 Å². The first-order valence-corrected chi connectivity index (χ1v) is 9.12. The van der Waals surface area contributed by atoms with Gasteiger partial charge in [-0.2, -0.15) is 0 Å². The van der Waals surface area contributed by atoms with E-state index in [1.165, 1.54) is 5.56 Å². The summed E-state index contributed by atoms with van der Waals surface area (Å²) in [4.78, 5) is 19.5. The Labute approximate surface area is 144 Å². The summed E-state index contributed by atoms with van der Waals surface area (Å²) in [6.07, 6.45) is 1.01. The standard InChI is InChI=1S/C19H29N3O2/c1-2-20-8-7-17(14-20)19(24)22-11-9-21(10-12-22)13-16-5-3-4-6-18(16)15-23/h3-6,17,23H,2,7-15H2,1H3/t17-/m0/s1. The molecule has 0 aliphatic carbocycles. The highest BCUT2D eigenvalue weighted by atomic mass is 16.3. The van der Waals surface area contributed by atoms with Crippen molar-refractivity contribution in [2.45, 2.75) is 26.5 Å². The zero-order chi connectivity index (χ0) is 16.9. The van der Waals surface area contributed by atoms with Gasteiger partial charge >= 0.3 is 0 Å². The number of amides is 1. The quantitative estimate of drug-likeness (QED) is 0.880. The Hall–Kier alpha value is -1.43. The molecule has 1 aromatic carbocycles. The monoisotopic (exact) mass is 331 g/mol. The van der Waals surface area contributed by atoms with Gasteiger partial charge in [-0.15, -0.1) is 0 Å². The highest BCUT2D eigenvalue weighted by Crippen LogP contribution is 2.20. The predicted molar refractivity (Wildman–Crippen MR) is 94.4 cm³/mol. The molecule has 1 amide bonds. The molecule has 2 aliphatic heterocycles. The Bertz CT molecular complexity index is 555. The number of benzene rings is 1. The molecule has 0 radical (unpaired) electrons. The number of piperazine rings is 1. The molecule has 2 aliphatic rings. The number of carbonyl (C=O) groups is 1. The van der Waals surface area contributed by atoms with Crippen LogP contribution in [0.25, 0.3) is 0 Å². The van der Waals surface area contributed by atoms with Crippen LogP contribution in [-0.2, 0) is 17.9 Å². The molecule has 2 saturated heterocycles. The van der Waals surface area contributed by atoms with E-state index in [1.54, 1.807) is 0 Å². The average molecular weight is 331 g/mol. The summed E-state index contributed by atoms with van der Waals surface area (Å²) in [7, 11) is 0. The van der Waals surface area contributed by atoms with Crippen LogP contribution in [0.3, 0.4) is 0 Å². The third-order valence-electron chi connectivity index (χ3n) is 5.44. The first kappa shape index (κ1) is 17.4. The van der Waals surface area contributed by atoms with Crippen LogP contribution in [0.4, 0.5) is 0 Å². The molecule has 1 aromatic rings. The van der Waals surface area contributed by atoms with E-state index in [-0.39, 0.29) is 12.5 Å². The van der Waals surface area contributed by atoms with E-state index in [4.69, 9.17) is 0 Å². The van der Waals surface area contributed by atoms with Crippen LogP contribution in [0, 0.1) is 5.92 Å². The van der Waals surface area contributed by atoms with Crippen molar-refractivity contribution in [3.8, 4) is 0 Å². The van der Waals surface area contributed by atoms with Gasteiger partial charge in [0, 0.05) is 39.3 Å². The summed E-state index contributed by atoms with van der Waals surface area (Å²) in [6.45, 7) is 9.61. The first-order chi connectivity index (χ1) is 11.7. The van der Waals surface area contributed by atoms with Gasteiger partial charge < -0.3 is 14.9 Å². The van der Waals surface area contributed by atoms with Crippen molar-refractivity contribution in [3.05, 3.63) is 35.4 Å². The molecule has 5 heteroatoms. The van der Waals surface area contributed by atoms with E-state index in [1.807, 2.05) is 18.2 Å². The average Bonchev–Trinajstić information content (AvgIpc) is 3.11. The lowest BCUT2D eigenvalue weighted by molar-refractivity contribution is -0.137. The molecule has 132 valence electrons. The van der Waals surface area contributed by atoms with Gasteiger partial charge in [0.1, 0.15) is 0 Å². The van der Waals surface area contributed by atoms with Gasteiger partial charge in [0.25, 0.3) is 0 Å². The smallest absolute Gasteiger partial charge is 0.227 e. The van der Waals surface area contributed by atoms with Crippen molar-refractivity contribution in [2.75, 3.05) is 45.8 Å². The van der Waals surface area contributed by atoms with E-state index in [0.29, 0.717) is 5.91 Å². The van der Waals surface area contributed by atoms with Gasteiger partial charge in [0.2, 0.25) is 5.91 Å². The fourth-order valence-electron chi connectivity index (χ4n) is 3.81. The molecule has 0 unspecified atom stereocenters. The molecular formula is C19H29N3O2. The normalized spacial score (nSPS) is 22.9. The zero-order valence-corrected chi connectivity index (χ0v) is 14.7. The van der Waals surface area contributed by atoms with Crippen molar-refractivity contribution >= 4 is 5.91 Å². The van der Waals surface area contributed by atoms with Crippen molar-refractivity contribution in [2.24, 2.45) is 5.92 Å². The zero-order valence-electron chi connectivity index (χ0n) is 14.7. The highest BCUT2D eigenvalue weighted by molar-refractivity contribution is 5.79. The molecule has 5 nitrogen and oxygen atoms in total. The highest BCUT2D eigenvalue weighted by Gasteiger charge is 2.32. The Kier molecular flexibility index (Phi) is 5.87. The number of likely N-dealkylation sites (tertiary alicyclic amines) is 1. The maximum Gasteiger partial charge on any atom is 0.227 e. The van der Waals surface area contributed by atoms with Crippen LogP contribution in [0.15, 0.2) is 24.3 Å². The molecule has 0 aromatic heterocycles. The van der Waals surface area contributed by atoms with Gasteiger partial charge in [-0.05, 0) is 30.6 Å². The summed E-state index contributed by atoms with van der Waals surface area (Å²) < 4.78 is 0. The number of carbonyl (C=O) groups excluding carboxylic acids is 1. The van der Waals surface area contributed by atoms with Gasteiger partial charge in [-0.3, -0.25) is 9.69 Å². The minimum atomic E-state index is 0.0875. The minimum Gasteiger partial charge on any atom is -0.392 e. The van der Waals surface area contributed by atoms with Gasteiger partial charge in [-0.25, -0.2) is 0 Å². The lowest BCUT2D eigenvalue weighted by Crippen LogP contribution is -2.50. The lowest BCUT2D eigenvalue weighted by atomic mass is 10.1. The lowest BCUT2D eigenvalue weighted by Gasteiger charge is -2.36. The molecule has 2 fully saturated rings. The van der Waals surface area contributed by atoms with Gasteiger partial charge in [0.05, 0.1) is 12.5 Å². The van der Waals surface area contributed by atoms with Crippen LogP contribution < -0.4 is 0 Å². The molecule has 3 rings (SSSR count). The molecule has 0 bridgehead atoms.